The molecular formula is C31H32N2O4. The maximum Gasteiger partial charge on any atom is 0.307 e. The molecular weight excluding hydrogens is 464 g/mol. The van der Waals surface area contributed by atoms with Gasteiger partial charge in [0.2, 0.25) is 5.88 Å². The van der Waals surface area contributed by atoms with Gasteiger partial charge in [0.1, 0.15) is 0 Å². The van der Waals surface area contributed by atoms with Gasteiger partial charge in [-0.05, 0) is 71.7 Å². The number of amides is 1. The van der Waals surface area contributed by atoms with E-state index in [1.165, 1.54) is 5.56 Å². The molecule has 0 aliphatic carbocycles. The van der Waals surface area contributed by atoms with Gasteiger partial charge in [-0.3, -0.25) is 9.59 Å². The van der Waals surface area contributed by atoms with Crippen LogP contribution >= 0.6 is 0 Å². The standard InChI is InChI=1S/C31H32N2O4/c1-20-16-28-32-18-27(20)29(21(2)31(35)36)25-12-11-23-13-14-33(19-26(23)17-25)30(34)24-9-7-22(8-10-24)6-4-3-5-15-37-28/h3-4,7-12,16-18,21,29H,5-6,13-15,19H2,1-2H3,(H,35,36)/b4-3+/t21-,29-/m1/s1. The van der Waals surface area contributed by atoms with Gasteiger partial charge in [-0.1, -0.05) is 49.4 Å². The van der Waals surface area contributed by atoms with Crippen LogP contribution < -0.4 is 4.74 Å². The highest BCUT2D eigenvalue weighted by Gasteiger charge is 2.30. The van der Waals surface area contributed by atoms with Crippen LogP contribution in [0.15, 0.2) is 66.9 Å². The van der Waals surface area contributed by atoms with Crippen molar-refractivity contribution in [3.8, 4) is 5.88 Å². The molecule has 1 aromatic heterocycles. The van der Waals surface area contributed by atoms with Crippen LogP contribution in [0.3, 0.4) is 0 Å². The van der Waals surface area contributed by atoms with Gasteiger partial charge in [0.15, 0.2) is 0 Å². The third-order valence-corrected chi connectivity index (χ3v) is 7.50. The second-order valence-corrected chi connectivity index (χ2v) is 10.00. The Labute approximate surface area is 217 Å². The zero-order valence-corrected chi connectivity index (χ0v) is 21.3. The number of nitrogens with zero attached hydrogens (tertiary/aromatic N) is 2. The molecule has 37 heavy (non-hydrogen) atoms. The van der Waals surface area contributed by atoms with Crippen LogP contribution in [0.4, 0.5) is 0 Å². The average Bonchev–Trinajstić information content (AvgIpc) is 2.90. The van der Waals surface area contributed by atoms with Crippen LogP contribution in [0.2, 0.25) is 0 Å². The molecule has 0 radical (unpaired) electrons. The van der Waals surface area contributed by atoms with Gasteiger partial charge in [0.05, 0.1) is 12.5 Å². The summed E-state index contributed by atoms with van der Waals surface area (Å²) < 4.78 is 5.87. The Morgan fingerprint density at radius 2 is 1.92 bits per heavy atom. The fourth-order valence-electron chi connectivity index (χ4n) is 5.30. The third-order valence-electron chi connectivity index (χ3n) is 7.50. The lowest BCUT2D eigenvalue weighted by atomic mass is 9.79. The molecule has 1 amide bonds. The minimum atomic E-state index is -0.861. The van der Waals surface area contributed by atoms with Gasteiger partial charge in [0, 0.05) is 36.8 Å². The van der Waals surface area contributed by atoms with Crippen molar-refractivity contribution in [3.63, 3.8) is 0 Å². The lowest BCUT2D eigenvalue weighted by Gasteiger charge is -2.31. The van der Waals surface area contributed by atoms with Gasteiger partial charge in [-0.15, -0.1) is 0 Å². The summed E-state index contributed by atoms with van der Waals surface area (Å²) in [5.41, 5.74) is 6.84. The second-order valence-electron chi connectivity index (χ2n) is 10.00. The van der Waals surface area contributed by atoms with Crippen LogP contribution in [0.25, 0.3) is 0 Å². The number of aliphatic carboxylic acids is 1. The molecule has 190 valence electrons. The molecule has 2 atom stereocenters. The summed E-state index contributed by atoms with van der Waals surface area (Å²) in [5.74, 6) is -1.33. The number of allylic oxidation sites excluding steroid dienone is 1. The molecule has 0 saturated heterocycles. The minimum Gasteiger partial charge on any atom is -0.481 e. The Kier molecular flexibility index (Phi) is 7.08. The molecule has 6 heteroatoms. The highest BCUT2D eigenvalue weighted by Crippen LogP contribution is 2.36. The molecule has 6 heterocycles. The number of hydrogen-bond donors (Lipinski definition) is 1. The van der Waals surface area contributed by atoms with E-state index < -0.39 is 11.9 Å². The summed E-state index contributed by atoms with van der Waals surface area (Å²) in [7, 11) is 0. The monoisotopic (exact) mass is 496 g/mol. The van der Waals surface area contributed by atoms with E-state index in [2.05, 4.69) is 29.3 Å². The SMILES string of the molecule is Cc1cc2ncc1[C@H]([C@@H](C)C(=O)O)c1ccc3c(c1)CN(CC3)C(=O)c1ccc(cc1)C/C=C/CCO2. The van der Waals surface area contributed by atoms with Crippen LogP contribution in [0.1, 0.15) is 63.0 Å². The number of ether oxygens (including phenoxy) is 1. The van der Waals surface area contributed by atoms with Crippen molar-refractivity contribution in [1.29, 1.82) is 0 Å². The predicted octanol–water partition coefficient (Wildman–Crippen LogP) is 5.32. The molecule has 3 aromatic rings. The summed E-state index contributed by atoms with van der Waals surface area (Å²) in [4.78, 5) is 31.9. The lowest BCUT2D eigenvalue weighted by Crippen LogP contribution is -2.36. The number of carboxylic acids is 1. The molecule has 7 bridgehead atoms. The highest BCUT2D eigenvalue weighted by atomic mass is 16.5. The molecule has 1 N–H and O–H groups in total. The largest absolute Gasteiger partial charge is 0.481 e. The van der Waals surface area contributed by atoms with E-state index >= 15 is 0 Å². The Morgan fingerprint density at radius 1 is 1.11 bits per heavy atom. The molecule has 5 aliphatic heterocycles. The Hall–Kier alpha value is -3.93. The van der Waals surface area contributed by atoms with Crippen molar-refractivity contribution in [1.82, 2.24) is 9.88 Å². The molecule has 0 unspecified atom stereocenters. The van der Waals surface area contributed by atoms with Crippen molar-refractivity contribution in [3.05, 3.63) is 106 Å². The maximum atomic E-state index is 13.3. The van der Waals surface area contributed by atoms with E-state index in [1.54, 1.807) is 13.1 Å². The van der Waals surface area contributed by atoms with Gasteiger partial charge in [-0.2, -0.15) is 0 Å². The molecule has 8 rings (SSSR count). The quantitative estimate of drug-likeness (QED) is 0.486. The smallest absolute Gasteiger partial charge is 0.307 e. The fraction of sp³-hybridized carbons (Fsp3) is 0.323. The van der Waals surface area contributed by atoms with E-state index in [0.717, 1.165) is 47.1 Å². The number of pyridine rings is 1. The summed E-state index contributed by atoms with van der Waals surface area (Å²) in [6.45, 7) is 5.39. The van der Waals surface area contributed by atoms with Crippen molar-refractivity contribution < 1.29 is 19.4 Å². The normalized spacial score (nSPS) is 19.2. The van der Waals surface area contributed by atoms with E-state index in [0.29, 0.717) is 31.1 Å². The van der Waals surface area contributed by atoms with Crippen molar-refractivity contribution in [2.45, 2.75) is 45.6 Å². The third kappa shape index (κ3) is 5.29. The second kappa shape index (κ2) is 10.6. The minimum absolute atomic E-state index is 0.0206. The van der Waals surface area contributed by atoms with Crippen molar-refractivity contribution in [2.75, 3.05) is 13.2 Å². The van der Waals surface area contributed by atoms with E-state index in [-0.39, 0.29) is 11.8 Å². The molecule has 0 fully saturated rings. The molecule has 0 spiro atoms. The lowest BCUT2D eigenvalue weighted by molar-refractivity contribution is -0.141. The van der Waals surface area contributed by atoms with Crippen molar-refractivity contribution >= 4 is 11.9 Å². The summed E-state index contributed by atoms with van der Waals surface area (Å²) in [5, 5.41) is 9.97. The fourth-order valence-corrected chi connectivity index (χ4v) is 5.30. The van der Waals surface area contributed by atoms with Crippen molar-refractivity contribution in [2.24, 2.45) is 5.92 Å². The number of carbonyl (C=O) groups is 2. The Morgan fingerprint density at radius 3 is 2.68 bits per heavy atom. The molecule has 0 saturated carbocycles. The van der Waals surface area contributed by atoms with Gasteiger partial charge < -0.3 is 14.7 Å². The van der Waals surface area contributed by atoms with Gasteiger partial charge >= 0.3 is 5.97 Å². The number of benzene rings is 2. The first-order valence-electron chi connectivity index (χ1n) is 12.9. The topological polar surface area (TPSA) is 79.7 Å². The zero-order chi connectivity index (χ0) is 25.9. The number of carbonyl (C=O) groups excluding carboxylic acids is 1. The van der Waals surface area contributed by atoms with Gasteiger partial charge in [-0.25, -0.2) is 4.98 Å². The van der Waals surface area contributed by atoms with Crippen LogP contribution in [-0.2, 0) is 24.2 Å². The van der Waals surface area contributed by atoms with Crippen LogP contribution in [-0.4, -0.2) is 40.0 Å². The average molecular weight is 497 g/mol. The zero-order valence-electron chi connectivity index (χ0n) is 21.3. The number of rotatable bonds is 2. The number of hydrogen-bond acceptors (Lipinski definition) is 4. The summed E-state index contributed by atoms with van der Waals surface area (Å²) in [6.07, 6.45) is 8.28. The molecule has 5 aliphatic rings. The molecule has 2 aromatic carbocycles. The van der Waals surface area contributed by atoms with Crippen LogP contribution in [0, 0.1) is 12.8 Å². The van der Waals surface area contributed by atoms with E-state index in [1.807, 2.05) is 48.2 Å². The van der Waals surface area contributed by atoms with E-state index in [9.17, 15) is 14.7 Å². The predicted molar refractivity (Wildman–Crippen MR) is 142 cm³/mol. The van der Waals surface area contributed by atoms with E-state index in [4.69, 9.17) is 4.74 Å². The maximum absolute atomic E-state index is 13.3. The first kappa shape index (κ1) is 24.8. The number of aryl methyl sites for hydroxylation is 1. The summed E-state index contributed by atoms with van der Waals surface area (Å²) >= 11 is 0. The van der Waals surface area contributed by atoms with Gasteiger partial charge in [0.25, 0.3) is 5.91 Å². The van der Waals surface area contributed by atoms with Crippen LogP contribution in [0.5, 0.6) is 5.88 Å². The molecule has 6 nitrogen and oxygen atoms in total. The number of carboxylic acid groups (broad SMARTS) is 1. The Bertz CT molecular complexity index is 1350. The number of aromatic nitrogens is 1. The first-order chi connectivity index (χ1) is 17.9. The summed E-state index contributed by atoms with van der Waals surface area (Å²) in [6, 6.07) is 15.9. The highest BCUT2D eigenvalue weighted by molar-refractivity contribution is 5.94. The Balaban J connectivity index is 1.57. The first-order valence-corrected chi connectivity index (χ1v) is 12.9.